The van der Waals surface area contributed by atoms with Crippen molar-refractivity contribution in [2.45, 2.75) is 59.7 Å². The molecule has 0 aliphatic heterocycles. The van der Waals surface area contributed by atoms with Gasteiger partial charge in [0, 0.05) is 29.5 Å². The molecule has 0 spiro atoms. The largest absolute Gasteiger partial charge is 0.383 e. The predicted octanol–water partition coefficient (Wildman–Crippen LogP) is 4.13. The number of hydrogen-bond acceptors (Lipinski definition) is 2. The van der Waals surface area contributed by atoms with Gasteiger partial charge in [0.05, 0.1) is 0 Å². The van der Waals surface area contributed by atoms with Gasteiger partial charge >= 0.3 is 0 Å². The van der Waals surface area contributed by atoms with Crippen molar-refractivity contribution in [3.05, 3.63) is 24.3 Å². The zero-order chi connectivity index (χ0) is 13.0. The fraction of sp³-hybridized carbons (Fsp3) is 0.600. The molecule has 17 heavy (non-hydrogen) atoms. The van der Waals surface area contributed by atoms with E-state index in [1.54, 1.807) is 0 Å². The molecule has 2 nitrogen and oxygen atoms in total. The number of nitrogens with one attached hydrogen (secondary N) is 1. The van der Waals surface area contributed by atoms with Gasteiger partial charge in [-0.25, -0.2) is 0 Å². The molecule has 0 fully saturated rings. The molecule has 0 saturated heterocycles. The third-order valence-corrected chi connectivity index (χ3v) is 2.73. The molecule has 1 aromatic carbocycles. The summed E-state index contributed by atoms with van der Waals surface area (Å²) in [5.41, 5.74) is 2.49. The summed E-state index contributed by atoms with van der Waals surface area (Å²) < 4.78 is 0. The summed E-state index contributed by atoms with van der Waals surface area (Å²) in [5.74, 6) is 0. The Balaban J connectivity index is 2.85. The number of nitrogens with zero attached hydrogens (tertiary/aromatic N) is 1. The van der Waals surface area contributed by atoms with Crippen LogP contribution in [0.1, 0.15) is 41.5 Å². The molecular weight excluding hydrogens is 208 g/mol. The number of benzene rings is 1. The fourth-order valence-electron chi connectivity index (χ4n) is 2.26. The van der Waals surface area contributed by atoms with Gasteiger partial charge in [0.25, 0.3) is 0 Å². The molecule has 0 heterocycles. The maximum atomic E-state index is 3.41. The lowest BCUT2D eigenvalue weighted by Crippen LogP contribution is -2.36. The lowest BCUT2D eigenvalue weighted by molar-refractivity contribution is 0.608. The molecule has 0 aliphatic carbocycles. The molecule has 0 saturated carbocycles. The van der Waals surface area contributed by atoms with Crippen LogP contribution in [0.5, 0.6) is 0 Å². The third-order valence-electron chi connectivity index (χ3n) is 2.73. The van der Waals surface area contributed by atoms with Gasteiger partial charge in [-0.1, -0.05) is 0 Å². The van der Waals surface area contributed by atoms with Crippen molar-refractivity contribution in [1.82, 2.24) is 0 Å². The van der Waals surface area contributed by atoms with Crippen LogP contribution in [-0.2, 0) is 0 Å². The highest BCUT2D eigenvalue weighted by molar-refractivity contribution is 5.56. The van der Waals surface area contributed by atoms with Gasteiger partial charge in [0.2, 0.25) is 0 Å². The van der Waals surface area contributed by atoms with E-state index >= 15 is 0 Å². The Bertz CT molecular complexity index is 317. The van der Waals surface area contributed by atoms with E-state index in [-0.39, 0.29) is 0 Å². The monoisotopic (exact) mass is 234 g/mol. The Hall–Kier alpha value is -1.18. The second-order valence-corrected chi connectivity index (χ2v) is 5.44. The highest BCUT2D eigenvalue weighted by Gasteiger charge is 2.13. The molecule has 1 rings (SSSR count). The zero-order valence-electron chi connectivity index (χ0n) is 12.0. The Morgan fingerprint density at radius 3 is 1.65 bits per heavy atom. The van der Waals surface area contributed by atoms with Crippen LogP contribution in [0.15, 0.2) is 24.3 Å². The van der Waals surface area contributed by atoms with Crippen LogP contribution < -0.4 is 10.2 Å². The second kappa shape index (κ2) is 5.95. The van der Waals surface area contributed by atoms with Crippen LogP contribution in [0.4, 0.5) is 11.4 Å². The van der Waals surface area contributed by atoms with Crippen molar-refractivity contribution in [3.63, 3.8) is 0 Å². The molecule has 96 valence electrons. The van der Waals surface area contributed by atoms with Gasteiger partial charge in [-0.05, 0) is 65.8 Å². The van der Waals surface area contributed by atoms with E-state index in [0.717, 1.165) is 0 Å². The Kier molecular flexibility index (Phi) is 4.86. The lowest BCUT2D eigenvalue weighted by Gasteiger charge is -2.33. The average molecular weight is 234 g/mol. The van der Waals surface area contributed by atoms with Gasteiger partial charge in [-0.15, -0.1) is 0 Å². The van der Waals surface area contributed by atoms with E-state index in [4.69, 9.17) is 0 Å². The molecule has 0 aliphatic rings. The van der Waals surface area contributed by atoms with Crippen LogP contribution in [0.3, 0.4) is 0 Å². The first-order chi connectivity index (χ1) is 7.91. The van der Waals surface area contributed by atoms with Crippen LogP contribution >= 0.6 is 0 Å². The van der Waals surface area contributed by atoms with Crippen LogP contribution in [0.2, 0.25) is 0 Å². The SMILES string of the molecule is CC(C)Nc1ccc(N(C(C)C)C(C)C)cc1. The van der Waals surface area contributed by atoms with Gasteiger partial charge < -0.3 is 10.2 Å². The Labute approximate surface area is 106 Å². The van der Waals surface area contributed by atoms with E-state index in [0.29, 0.717) is 18.1 Å². The Morgan fingerprint density at radius 2 is 1.29 bits per heavy atom. The second-order valence-electron chi connectivity index (χ2n) is 5.44. The molecule has 0 bridgehead atoms. The minimum absolute atomic E-state index is 0.479. The number of anilines is 2. The van der Waals surface area contributed by atoms with Crippen LogP contribution in [0.25, 0.3) is 0 Å². The smallest absolute Gasteiger partial charge is 0.0372 e. The maximum Gasteiger partial charge on any atom is 0.0372 e. The van der Waals surface area contributed by atoms with Crippen molar-refractivity contribution >= 4 is 11.4 Å². The van der Waals surface area contributed by atoms with E-state index in [1.807, 2.05) is 0 Å². The topological polar surface area (TPSA) is 15.3 Å². The van der Waals surface area contributed by atoms with E-state index in [2.05, 4.69) is 76.0 Å². The molecule has 0 unspecified atom stereocenters. The summed E-state index contributed by atoms with van der Waals surface area (Å²) in [6.07, 6.45) is 0. The summed E-state index contributed by atoms with van der Waals surface area (Å²) in [7, 11) is 0. The molecule has 0 radical (unpaired) electrons. The first-order valence-electron chi connectivity index (χ1n) is 6.56. The maximum absolute atomic E-state index is 3.41. The molecule has 0 aromatic heterocycles. The van der Waals surface area contributed by atoms with Gasteiger partial charge in [-0.2, -0.15) is 0 Å². The van der Waals surface area contributed by atoms with Crippen LogP contribution in [-0.4, -0.2) is 18.1 Å². The standard InChI is InChI=1S/C15H26N2/c1-11(2)16-14-7-9-15(10-8-14)17(12(3)4)13(5)6/h7-13,16H,1-6H3. The van der Waals surface area contributed by atoms with Gasteiger partial charge in [0.1, 0.15) is 0 Å². The zero-order valence-corrected chi connectivity index (χ0v) is 12.0. The van der Waals surface area contributed by atoms with Crippen molar-refractivity contribution in [2.75, 3.05) is 10.2 Å². The molecule has 1 N–H and O–H groups in total. The number of rotatable bonds is 5. The summed E-state index contributed by atoms with van der Waals surface area (Å²) in [6.45, 7) is 13.3. The van der Waals surface area contributed by atoms with E-state index in [9.17, 15) is 0 Å². The van der Waals surface area contributed by atoms with E-state index < -0.39 is 0 Å². The molecule has 0 atom stereocenters. The lowest BCUT2D eigenvalue weighted by atomic mass is 10.1. The van der Waals surface area contributed by atoms with Gasteiger partial charge in [-0.3, -0.25) is 0 Å². The van der Waals surface area contributed by atoms with Crippen molar-refractivity contribution < 1.29 is 0 Å². The highest BCUT2D eigenvalue weighted by Crippen LogP contribution is 2.22. The first kappa shape index (κ1) is 13.9. The summed E-state index contributed by atoms with van der Waals surface area (Å²) in [6, 6.07) is 10.3. The molecular formula is C15H26N2. The minimum atomic E-state index is 0.479. The average Bonchev–Trinajstić information content (AvgIpc) is 2.18. The Morgan fingerprint density at radius 1 is 0.824 bits per heavy atom. The summed E-state index contributed by atoms with van der Waals surface area (Å²) >= 11 is 0. The minimum Gasteiger partial charge on any atom is -0.383 e. The number of hydrogen-bond donors (Lipinski definition) is 1. The first-order valence-corrected chi connectivity index (χ1v) is 6.56. The molecule has 2 heteroatoms. The van der Waals surface area contributed by atoms with Crippen molar-refractivity contribution in [1.29, 1.82) is 0 Å². The normalized spacial score (nSPS) is 11.4. The van der Waals surface area contributed by atoms with E-state index in [1.165, 1.54) is 11.4 Å². The predicted molar refractivity (Wildman–Crippen MR) is 78.0 cm³/mol. The molecule has 1 aromatic rings. The highest BCUT2D eigenvalue weighted by atomic mass is 15.2. The van der Waals surface area contributed by atoms with Crippen LogP contribution in [0, 0.1) is 0 Å². The molecule has 0 amide bonds. The van der Waals surface area contributed by atoms with Crippen molar-refractivity contribution in [2.24, 2.45) is 0 Å². The van der Waals surface area contributed by atoms with Gasteiger partial charge in [0.15, 0.2) is 0 Å². The van der Waals surface area contributed by atoms with Crippen molar-refractivity contribution in [3.8, 4) is 0 Å². The summed E-state index contributed by atoms with van der Waals surface area (Å²) in [5, 5.41) is 3.41. The summed E-state index contributed by atoms with van der Waals surface area (Å²) in [4.78, 5) is 2.43. The third kappa shape index (κ3) is 3.95. The fourth-order valence-corrected chi connectivity index (χ4v) is 2.26. The quantitative estimate of drug-likeness (QED) is 0.824.